The number of carboxylic acids is 1. The van der Waals surface area contributed by atoms with Crippen molar-refractivity contribution in [3.8, 4) is 0 Å². The summed E-state index contributed by atoms with van der Waals surface area (Å²) in [6.07, 6.45) is 18.7. The Labute approximate surface area is 153 Å². The molecule has 0 saturated carbocycles. The van der Waals surface area contributed by atoms with Gasteiger partial charge in [-0.1, -0.05) is 70.8 Å². The van der Waals surface area contributed by atoms with Gasteiger partial charge in [0.1, 0.15) is 0 Å². The van der Waals surface area contributed by atoms with Gasteiger partial charge in [-0.15, -0.1) is 0 Å². The third kappa shape index (κ3) is 22.4. The first-order valence-corrected chi connectivity index (χ1v) is 8.35. The van der Waals surface area contributed by atoms with Crippen molar-refractivity contribution in [1.82, 2.24) is 5.32 Å². The number of hydrogen-bond donors (Lipinski definition) is 1. The quantitative estimate of drug-likeness (QED) is 0.355. The van der Waals surface area contributed by atoms with Crippen molar-refractivity contribution < 1.29 is 39.5 Å². The topological polar surface area (TPSA) is 52.2 Å². The van der Waals surface area contributed by atoms with Gasteiger partial charge in [-0.25, -0.2) is 0 Å². The fourth-order valence-electron chi connectivity index (χ4n) is 2.17. The first kappa shape index (κ1) is 23.3. The van der Waals surface area contributed by atoms with E-state index in [0.717, 1.165) is 6.42 Å². The number of allylic oxidation sites excluding steroid dienone is 1. The average Bonchev–Trinajstić information content (AvgIpc) is 2.43. The van der Waals surface area contributed by atoms with Gasteiger partial charge in [0, 0.05) is 18.9 Å². The molecule has 0 spiro atoms. The molecule has 0 atom stereocenters. The van der Waals surface area contributed by atoms with E-state index < -0.39 is 5.97 Å². The van der Waals surface area contributed by atoms with Crippen molar-refractivity contribution in [2.45, 2.75) is 84.0 Å². The van der Waals surface area contributed by atoms with Crippen molar-refractivity contribution in [3.63, 3.8) is 0 Å². The number of carbonyl (C=O) groups excluding carboxylic acids is 1. The van der Waals surface area contributed by atoms with Gasteiger partial charge in [-0.3, -0.25) is 0 Å². The molecule has 0 unspecified atom stereocenters. The molecule has 0 aliphatic carbocycles. The Balaban J connectivity index is 0. The van der Waals surface area contributed by atoms with Gasteiger partial charge >= 0.3 is 29.6 Å². The zero-order valence-electron chi connectivity index (χ0n) is 14.2. The first-order valence-electron chi connectivity index (χ1n) is 8.35. The van der Waals surface area contributed by atoms with Crippen LogP contribution < -0.4 is 40.0 Å². The summed E-state index contributed by atoms with van der Waals surface area (Å²) in [7, 11) is 0. The van der Waals surface area contributed by atoms with Crippen LogP contribution in [0, 0.1) is 0 Å². The molecule has 118 valence electrons. The standard InChI is InChI=1S/C17H33NO2.Na/c1-2-3-4-5-6-7-8-9-10-11-12-13-15-18-16-14-17(19)20;/h13,15,18H,2-12,14,16H2,1H3,(H,19,20);/q;+1/p-1. The van der Waals surface area contributed by atoms with Crippen LogP contribution in [-0.2, 0) is 4.79 Å². The van der Waals surface area contributed by atoms with E-state index in [2.05, 4.69) is 18.3 Å². The summed E-state index contributed by atoms with van der Waals surface area (Å²) in [5, 5.41) is 13.1. The predicted molar refractivity (Wildman–Crippen MR) is 83.2 cm³/mol. The van der Waals surface area contributed by atoms with Gasteiger partial charge in [0.05, 0.1) is 0 Å². The predicted octanol–water partition coefficient (Wildman–Crippen LogP) is 0.545. The molecule has 0 aromatic heterocycles. The molecule has 0 aliphatic rings. The molecule has 0 aromatic carbocycles. The van der Waals surface area contributed by atoms with Gasteiger partial charge in [0.25, 0.3) is 0 Å². The van der Waals surface area contributed by atoms with Crippen LogP contribution >= 0.6 is 0 Å². The van der Waals surface area contributed by atoms with Crippen molar-refractivity contribution in [1.29, 1.82) is 0 Å². The Hall–Kier alpha value is 0.0100. The Kier molecular flexibility index (Phi) is 22.2. The summed E-state index contributed by atoms with van der Waals surface area (Å²) in [6.45, 7) is 2.71. The van der Waals surface area contributed by atoms with Crippen LogP contribution in [0.2, 0.25) is 0 Å². The number of aliphatic carboxylic acids is 1. The maximum absolute atomic E-state index is 10.2. The Morgan fingerprint density at radius 1 is 0.952 bits per heavy atom. The van der Waals surface area contributed by atoms with Crippen LogP contribution in [0.3, 0.4) is 0 Å². The van der Waals surface area contributed by atoms with E-state index in [9.17, 15) is 9.90 Å². The van der Waals surface area contributed by atoms with Crippen molar-refractivity contribution in [2.75, 3.05) is 6.54 Å². The summed E-state index contributed by atoms with van der Waals surface area (Å²) in [5.74, 6) is -0.999. The van der Waals surface area contributed by atoms with Crippen LogP contribution in [0.1, 0.15) is 84.0 Å². The summed E-state index contributed by atoms with van der Waals surface area (Å²) >= 11 is 0. The van der Waals surface area contributed by atoms with Crippen LogP contribution in [0.4, 0.5) is 0 Å². The molecule has 0 bridgehead atoms. The van der Waals surface area contributed by atoms with Gasteiger partial charge in [0.2, 0.25) is 0 Å². The second kappa shape index (κ2) is 20.0. The van der Waals surface area contributed by atoms with Crippen molar-refractivity contribution in [3.05, 3.63) is 12.3 Å². The fourth-order valence-corrected chi connectivity index (χ4v) is 2.17. The number of carbonyl (C=O) groups is 1. The summed E-state index contributed by atoms with van der Waals surface area (Å²) in [6, 6.07) is 0. The van der Waals surface area contributed by atoms with E-state index in [1.165, 1.54) is 64.2 Å². The molecule has 0 fully saturated rings. The number of unbranched alkanes of at least 4 members (excludes halogenated alkanes) is 10. The molecule has 0 aliphatic heterocycles. The summed E-state index contributed by atoms with van der Waals surface area (Å²) in [5.41, 5.74) is 0. The van der Waals surface area contributed by atoms with Crippen LogP contribution in [0.25, 0.3) is 0 Å². The molecule has 0 heterocycles. The first-order chi connectivity index (χ1) is 9.77. The maximum Gasteiger partial charge on any atom is 1.00 e. The third-order valence-corrected chi connectivity index (χ3v) is 3.43. The van der Waals surface area contributed by atoms with E-state index in [1.807, 2.05) is 6.20 Å². The normalized spacial score (nSPS) is 10.5. The fraction of sp³-hybridized carbons (Fsp3) is 0.824. The van der Waals surface area contributed by atoms with Crippen molar-refractivity contribution in [2.24, 2.45) is 0 Å². The maximum atomic E-state index is 10.2. The van der Waals surface area contributed by atoms with Gasteiger partial charge < -0.3 is 15.2 Å². The number of hydrogen-bond acceptors (Lipinski definition) is 3. The molecule has 1 N–H and O–H groups in total. The SMILES string of the molecule is CCCCCCCCCCCCC=CNCCC(=O)[O-].[Na+]. The minimum atomic E-state index is -0.999. The van der Waals surface area contributed by atoms with E-state index in [0.29, 0.717) is 6.54 Å². The zero-order chi connectivity index (χ0) is 14.9. The molecule has 0 rings (SSSR count). The third-order valence-electron chi connectivity index (χ3n) is 3.43. The number of rotatable bonds is 15. The summed E-state index contributed by atoms with van der Waals surface area (Å²) in [4.78, 5) is 10.2. The molecule has 4 heteroatoms. The van der Waals surface area contributed by atoms with Crippen LogP contribution in [0.15, 0.2) is 12.3 Å². The van der Waals surface area contributed by atoms with Crippen LogP contribution in [-0.4, -0.2) is 12.5 Å². The van der Waals surface area contributed by atoms with E-state index in [-0.39, 0.29) is 36.0 Å². The smallest absolute Gasteiger partial charge is 0.550 e. The minimum absolute atomic E-state index is 0. The molecular weight excluding hydrogens is 273 g/mol. The molecule has 3 nitrogen and oxygen atoms in total. The van der Waals surface area contributed by atoms with E-state index in [4.69, 9.17) is 0 Å². The Morgan fingerprint density at radius 3 is 2.00 bits per heavy atom. The second-order valence-electron chi connectivity index (χ2n) is 5.45. The second-order valence-corrected chi connectivity index (χ2v) is 5.45. The van der Waals surface area contributed by atoms with Gasteiger partial charge in [0.15, 0.2) is 0 Å². The average molecular weight is 305 g/mol. The molecule has 0 amide bonds. The molecule has 0 saturated heterocycles. The molecule has 21 heavy (non-hydrogen) atoms. The largest absolute Gasteiger partial charge is 1.00 e. The summed E-state index contributed by atoms with van der Waals surface area (Å²) < 4.78 is 0. The molecule has 0 aromatic rings. The Bertz CT molecular complexity index is 245. The Morgan fingerprint density at radius 2 is 1.48 bits per heavy atom. The molecule has 0 radical (unpaired) electrons. The number of nitrogens with one attached hydrogen (secondary N) is 1. The van der Waals surface area contributed by atoms with E-state index in [1.54, 1.807) is 0 Å². The van der Waals surface area contributed by atoms with E-state index >= 15 is 0 Å². The molecular formula is C17H32NNaO2. The van der Waals surface area contributed by atoms with Gasteiger partial charge in [-0.05, 0) is 19.0 Å². The van der Waals surface area contributed by atoms with Crippen LogP contribution in [0.5, 0.6) is 0 Å². The van der Waals surface area contributed by atoms with Gasteiger partial charge in [-0.2, -0.15) is 0 Å². The number of carboxylic acid groups (broad SMARTS) is 1. The van der Waals surface area contributed by atoms with Crippen molar-refractivity contribution >= 4 is 5.97 Å². The monoisotopic (exact) mass is 305 g/mol. The zero-order valence-corrected chi connectivity index (χ0v) is 16.2. The minimum Gasteiger partial charge on any atom is -0.550 e.